The van der Waals surface area contributed by atoms with Crippen LogP contribution in [0.3, 0.4) is 0 Å². The molecule has 2 N–H and O–H groups in total. The van der Waals surface area contributed by atoms with Gasteiger partial charge in [-0.15, -0.1) is 24.0 Å². The molecular weight excluding hydrogens is 439 g/mol. The average Bonchev–Trinajstić information content (AvgIpc) is 2.58. The van der Waals surface area contributed by atoms with Crippen LogP contribution in [0.25, 0.3) is 0 Å². The second kappa shape index (κ2) is 10.7. The Morgan fingerprint density at radius 1 is 1.15 bits per heavy atom. The molecule has 2 rings (SSSR count). The predicted molar refractivity (Wildman–Crippen MR) is 119 cm³/mol. The molecule has 0 heterocycles. The van der Waals surface area contributed by atoms with Gasteiger partial charge in [0.25, 0.3) is 5.91 Å². The second-order valence-corrected chi connectivity index (χ2v) is 7.15. The fourth-order valence-corrected chi connectivity index (χ4v) is 3.13. The van der Waals surface area contributed by atoms with Crippen LogP contribution in [0.5, 0.6) is 0 Å². The SMILES string of the molecule is CCNC(=NCc1ccc(C(=O)N(C)C)cc1)NCC1(CC)CCC1.I. The Balaban J connectivity index is 0.00000338. The van der Waals surface area contributed by atoms with Gasteiger partial charge < -0.3 is 15.5 Å². The van der Waals surface area contributed by atoms with E-state index in [9.17, 15) is 4.79 Å². The molecule has 0 saturated heterocycles. The Kier molecular flexibility index (Phi) is 9.39. The lowest BCUT2D eigenvalue weighted by Crippen LogP contribution is -2.46. The van der Waals surface area contributed by atoms with Crippen molar-refractivity contribution in [1.82, 2.24) is 15.5 Å². The summed E-state index contributed by atoms with van der Waals surface area (Å²) in [5.41, 5.74) is 2.27. The Morgan fingerprint density at radius 2 is 1.81 bits per heavy atom. The van der Waals surface area contributed by atoms with Gasteiger partial charge in [-0.25, -0.2) is 4.99 Å². The van der Waals surface area contributed by atoms with Crippen LogP contribution in [0.2, 0.25) is 0 Å². The number of guanidine groups is 1. The number of aliphatic imine (C=N–C) groups is 1. The molecule has 146 valence electrons. The zero-order chi connectivity index (χ0) is 18.3. The molecule has 26 heavy (non-hydrogen) atoms. The molecule has 0 unspecified atom stereocenters. The number of hydrogen-bond acceptors (Lipinski definition) is 2. The van der Waals surface area contributed by atoms with Gasteiger partial charge in [0.2, 0.25) is 0 Å². The summed E-state index contributed by atoms with van der Waals surface area (Å²) in [6, 6.07) is 7.69. The van der Waals surface area contributed by atoms with Gasteiger partial charge in [0.1, 0.15) is 0 Å². The number of carbonyl (C=O) groups excluding carboxylic acids is 1. The predicted octanol–water partition coefficient (Wildman–Crippen LogP) is 3.64. The highest BCUT2D eigenvalue weighted by molar-refractivity contribution is 14.0. The Hall–Kier alpha value is -1.31. The van der Waals surface area contributed by atoms with Crippen molar-refractivity contribution in [2.75, 3.05) is 27.2 Å². The molecule has 1 amide bonds. The van der Waals surface area contributed by atoms with E-state index in [1.807, 2.05) is 24.3 Å². The van der Waals surface area contributed by atoms with Gasteiger partial charge in [-0.05, 0) is 49.3 Å². The Labute approximate surface area is 175 Å². The van der Waals surface area contributed by atoms with E-state index < -0.39 is 0 Å². The van der Waals surface area contributed by atoms with Crippen LogP contribution >= 0.6 is 24.0 Å². The lowest BCUT2D eigenvalue weighted by molar-refractivity contribution is 0.0827. The van der Waals surface area contributed by atoms with E-state index in [0.717, 1.165) is 24.6 Å². The number of halogens is 1. The summed E-state index contributed by atoms with van der Waals surface area (Å²) >= 11 is 0. The molecule has 1 aliphatic rings. The molecule has 1 aromatic rings. The summed E-state index contributed by atoms with van der Waals surface area (Å²) in [5.74, 6) is 0.895. The van der Waals surface area contributed by atoms with E-state index in [0.29, 0.717) is 17.5 Å². The van der Waals surface area contributed by atoms with Gasteiger partial charge in [0.05, 0.1) is 6.54 Å². The van der Waals surface area contributed by atoms with Gasteiger partial charge in [0, 0.05) is 32.7 Å². The molecule has 1 saturated carbocycles. The molecule has 0 atom stereocenters. The maximum absolute atomic E-state index is 11.9. The number of rotatable bonds is 7. The lowest BCUT2D eigenvalue weighted by atomic mass is 9.67. The van der Waals surface area contributed by atoms with E-state index in [4.69, 9.17) is 0 Å². The third kappa shape index (κ3) is 6.14. The molecule has 1 aliphatic carbocycles. The minimum Gasteiger partial charge on any atom is -0.357 e. The summed E-state index contributed by atoms with van der Waals surface area (Å²) < 4.78 is 0. The third-order valence-corrected chi connectivity index (χ3v) is 5.17. The highest BCUT2D eigenvalue weighted by Crippen LogP contribution is 2.42. The highest BCUT2D eigenvalue weighted by Gasteiger charge is 2.34. The summed E-state index contributed by atoms with van der Waals surface area (Å²) in [7, 11) is 3.53. The summed E-state index contributed by atoms with van der Waals surface area (Å²) in [6.07, 6.45) is 5.20. The number of nitrogens with one attached hydrogen (secondary N) is 2. The van der Waals surface area contributed by atoms with Crippen LogP contribution in [0, 0.1) is 5.41 Å². The second-order valence-electron chi connectivity index (χ2n) is 7.15. The molecule has 0 aromatic heterocycles. The van der Waals surface area contributed by atoms with Gasteiger partial charge >= 0.3 is 0 Å². The monoisotopic (exact) mass is 472 g/mol. The number of amides is 1. The zero-order valence-electron chi connectivity index (χ0n) is 16.5. The van der Waals surface area contributed by atoms with E-state index in [1.165, 1.54) is 25.7 Å². The van der Waals surface area contributed by atoms with Crippen molar-refractivity contribution in [3.8, 4) is 0 Å². The smallest absolute Gasteiger partial charge is 0.253 e. The van der Waals surface area contributed by atoms with Crippen LogP contribution in [-0.4, -0.2) is 44.0 Å². The van der Waals surface area contributed by atoms with Crippen LogP contribution in [-0.2, 0) is 6.54 Å². The molecule has 0 aliphatic heterocycles. The molecule has 0 spiro atoms. The Morgan fingerprint density at radius 3 is 2.27 bits per heavy atom. The first kappa shape index (κ1) is 22.7. The molecule has 6 heteroatoms. The molecule has 0 bridgehead atoms. The van der Waals surface area contributed by atoms with Crippen molar-refractivity contribution in [3.05, 3.63) is 35.4 Å². The van der Waals surface area contributed by atoms with Gasteiger partial charge in [-0.3, -0.25) is 4.79 Å². The average molecular weight is 472 g/mol. The fourth-order valence-electron chi connectivity index (χ4n) is 3.13. The maximum Gasteiger partial charge on any atom is 0.253 e. The van der Waals surface area contributed by atoms with Crippen molar-refractivity contribution in [2.45, 2.75) is 46.1 Å². The summed E-state index contributed by atoms with van der Waals surface area (Å²) in [4.78, 5) is 18.2. The lowest BCUT2D eigenvalue weighted by Gasteiger charge is -2.41. The minimum absolute atomic E-state index is 0. The van der Waals surface area contributed by atoms with Gasteiger partial charge in [-0.1, -0.05) is 25.5 Å². The summed E-state index contributed by atoms with van der Waals surface area (Å²) in [5, 5.41) is 6.83. The summed E-state index contributed by atoms with van der Waals surface area (Å²) in [6.45, 7) is 6.80. The van der Waals surface area contributed by atoms with Gasteiger partial charge in [0.15, 0.2) is 5.96 Å². The maximum atomic E-state index is 11.9. The highest BCUT2D eigenvalue weighted by atomic mass is 127. The normalized spacial score (nSPS) is 15.5. The standard InChI is InChI=1S/C20H32N4O.HI/c1-5-20(12-7-13-20)15-23-19(21-6-2)22-14-16-8-10-17(11-9-16)18(25)24(3)4;/h8-11H,5-7,12-15H2,1-4H3,(H2,21,22,23);1H. The molecule has 1 aromatic carbocycles. The van der Waals surface area contributed by atoms with E-state index in [2.05, 4.69) is 29.5 Å². The molecule has 0 radical (unpaired) electrons. The van der Waals surface area contributed by atoms with Crippen LogP contribution in [0.4, 0.5) is 0 Å². The first-order valence-electron chi connectivity index (χ1n) is 9.32. The topological polar surface area (TPSA) is 56.7 Å². The number of carbonyl (C=O) groups is 1. The van der Waals surface area contributed by atoms with E-state index in [-0.39, 0.29) is 29.9 Å². The quantitative estimate of drug-likeness (QED) is 0.362. The van der Waals surface area contributed by atoms with Crippen LogP contribution in [0.1, 0.15) is 55.5 Å². The van der Waals surface area contributed by atoms with Crippen molar-refractivity contribution < 1.29 is 4.79 Å². The Bertz CT molecular complexity index is 589. The largest absolute Gasteiger partial charge is 0.357 e. The van der Waals surface area contributed by atoms with Crippen molar-refractivity contribution >= 4 is 35.8 Å². The fraction of sp³-hybridized carbons (Fsp3) is 0.600. The minimum atomic E-state index is 0. The molecule has 1 fully saturated rings. The van der Waals surface area contributed by atoms with Crippen LogP contribution < -0.4 is 10.6 Å². The van der Waals surface area contributed by atoms with Crippen molar-refractivity contribution in [2.24, 2.45) is 10.4 Å². The number of nitrogens with zero attached hydrogens (tertiary/aromatic N) is 2. The van der Waals surface area contributed by atoms with Crippen LogP contribution in [0.15, 0.2) is 29.3 Å². The van der Waals surface area contributed by atoms with E-state index >= 15 is 0 Å². The first-order valence-corrected chi connectivity index (χ1v) is 9.32. The van der Waals surface area contributed by atoms with Crippen molar-refractivity contribution in [1.29, 1.82) is 0 Å². The number of hydrogen-bond donors (Lipinski definition) is 2. The van der Waals surface area contributed by atoms with Gasteiger partial charge in [-0.2, -0.15) is 0 Å². The van der Waals surface area contributed by atoms with E-state index in [1.54, 1.807) is 19.0 Å². The molecular formula is C20H33IN4O. The zero-order valence-corrected chi connectivity index (χ0v) is 18.8. The molecule has 5 nitrogen and oxygen atoms in total. The third-order valence-electron chi connectivity index (χ3n) is 5.17. The number of benzene rings is 1. The first-order chi connectivity index (χ1) is 12.0. The van der Waals surface area contributed by atoms with Crippen molar-refractivity contribution in [3.63, 3.8) is 0 Å².